The van der Waals surface area contributed by atoms with E-state index in [-0.39, 0.29) is 25.4 Å². The van der Waals surface area contributed by atoms with Crippen molar-refractivity contribution in [2.75, 3.05) is 19.0 Å². The normalized spacial score (nSPS) is 11.4. The number of amides is 1. The highest BCUT2D eigenvalue weighted by Crippen LogP contribution is 2.26. The molecule has 0 fully saturated rings. The topological polar surface area (TPSA) is 102 Å². The van der Waals surface area contributed by atoms with Gasteiger partial charge in [0.2, 0.25) is 5.91 Å². The van der Waals surface area contributed by atoms with Gasteiger partial charge in [-0.3, -0.25) is 9.59 Å². The number of nitrogens with one attached hydrogen (secondary N) is 1. The Morgan fingerprint density at radius 1 is 1.00 bits per heavy atom. The first-order chi connectivity index (χ1) is 13.4. The third kappa shape index (κ3) is 6.12. The van der Waals surface area contributed by atoms with Crippen molar-refractivity contribution in [1.29, 1.82) is 0 Å². The number of benzene rings is 2. The molecule has 0 aliphatic heterocycles. The fourth-order valence-electron chi connectivity index (χ4n) is 2.73. The van der Waals surface area contributed by atoms with E-state index in [2.05, 4.69) is 5.32 Å². The molecule has 1 atom stereocenters. The van der Waals surface area contributed by atoms with Crippen LogP contribution in [0.15, 0.2) is 48.5 Å². The Labute approximate surface area is 163 Å². The number of hydrogen-bond acceptors (Lipinski definition) is 5. The fourth-order valence-corrected chi connectivity index (χ4v) is 2.73. The van der Waals surface area contributed by atoms with Gasteiger partial charge in [0.1, 0.15) is 5.75 Å². The number of anilines is 1. The number of carboxylic acid groups (broad SMARTS) is 1. The Bertz CT molecular complexity index is 814. The second-order valence-electron chi connectivity index (χ2n) is 6.12. The lowest BCUT2D eigenvalue weighted by atomic mass is 9.92. The Morgan fingerprint density at radius 3 is 2.18 bits per heavy atom. The molecule has 0 unspecified atom stereocenters. The van der Waals surface area contributed by atoms with E-state index in [0.717, 1.165) is 5.56 Å². The molecular weight excluding hydrogens is 362 g/mol. The molecule has 1 amide bonds. The maximum absolute atomic E-state index is 12.4. The summed E-state index contributed by atoms with van der Waals surface area (Å²) in [5.74, 6) is -1.54. The van der Waals surface area contributed by atoms with Crippen molar-refractivity contribution in [3.8, 4) is 5.75 Å². The zero-order chi connectivity index (χ0) is 20.5. The molecule has 0 saturated carbocycles. The zero-order valence-electron chi connectivity index (χ0n) is 15.8. The van der Waals surface area contributed by atoms with Crippen LogP contribution in [0.1, 0.15) is 41.6 Å². The third-order valence-electron chi connectivity index (χ3n) is 4.12. The van der Waals surface area contributed by atoms with Gasteiger partial charge in [-0.15, -0.1) is 0 Å². The van der Waals surface area contributed by atoms with Crippen LogP contribution in [0.5, 0.6) is 5.75 Å². The van der Waals surface area contributed by atoms with E-state index in [1.807, 2.05) is 0 Å². The maximum atomic E-state index is 12.4. The van der Waals surface area contributed by atoms with Crippen LogP contribution >= 0.6 is 0 Å². The molecule has 7 nitrogen and oxygen atoms in total. The average Bonchev–Trinajstić information content (AvgIpc) is 2.68. The van der Waals surface area contributed by atoms with E-state index >= 15 is 0 Å². The van der Waals surface area contributed by atoms with E-state index in [9.17, 15) is 19.5 Å². The highest BCUT2D eigenvalue weighted by molar-refractivity contribution is 5.93. The summed E-state index contributed by atoms with van der Waals surface area (Å²) >= 11 is 0. The Morgan fingerprint density at radius 2 is 1.64 bits per heavy atom. The van der Waals surface area contributed by atoms with E-state index in [1.54, 1.807) is 62.6 Å². The van der Waals surface area contributed by atoms with Gasteiger partial charge >= 0.3 is 11.9 Å². The summed E-state index contributed by atoms with van der Waals surface area (Å²) in [5, 5.41) is 11.9. The Hall–Kier alpha value is -3.35. The Kier molecular flexibility index (Phi) is 7.56. The summed E-state index contributed by atoms with van der Waals surface area (Å²) in [7, 11) is 1.55. The number of aliphatic carboxylic acids is 1. The first-order valence-electron chi connectivity index (χ1n) is 8.85. The molecule has 0 saturated heterocycles. The summed E-state index contributed by atoms with van der Waals surface area (Å²) in [5.41, 5.74) is 1.65. The summed E-state index contributed by atoms with van der Waals surface area (Å²) in [6, 6.07) is 13.3. The molecule has 2 N–H and O–H groups in total. The number of methoxy groups -OCH3 is 1. The van der Waals surface area contributed by atoms with Crippen LogP contribution < -0.4 is 10.1 Å². The van der Waals surface area contributed by atoms with Gasteiger partial charge in [0.05, 0.1) is 25.7 Å². The maximum Gasteiger partial charge on any atom is 0.338 e. The van der Waals surface area contributed by atoms with Crippen LogP contribution in [-0.4, -0.2) is 36.7 Å². The molecule has 0 aromatic heterocycles. The van der Waals surface area contributed by atoms with Gasteiger partial charge in [-0.1, -0.05) is 12.1 Å². The molecule has 7 heteroatoms. The lowest BCUT2D eigenvalue weighted by Gasteiger charge is -2.16. The van der Waals surface area contributed by atoms with Crippen molar-refractivity contribution >= 4 is 23.5 Å². The van der Waals surface area contributed by atoms with Crippen LogP contribution in [0.4, 0.5) is 5.69 Å². The van der Waals surface area contributed by atoms with Crippen LogP contribution in [0, 0.1) is 0 Å². The number of carboxylic acids is 1. The third-order valence-corrected chi connectivity index (χ3v) is 4.12. The number of carbonyl (C=O) groups is 3. The van der Waals surface area contributed by atoms with Gasteiger partial charge in [0, 0.05) is 18.0 Å². The van der Waals surface area contributed by atoms with Crippen molar-refractivity contribution < 1.29 is 29.0 Å². The molecule has 0 spiro atoms. The smallest absolute Gasteiger partial charge is 0.338 e. The van der Waals surface area contributed by atoms with Gasteiger partial charge in [0.25, 0.3) is 0 Å². The van der Waals surface area contributed by atoms with Gasteiger partial charge in [-0.05, 0) is 48.9 Å². The standard InChI is InChI=1S/C21H23NO6/c1-3-28-21(26)15-4-8-17(9-5-15)22-19(23)12-16(13-20(24)25)14-6-10-18(27-2)11-7-14/h4-11,16H,3,12-13H2,1-2H3,(H,22,23)(H,24,25)/t16-/m0/s1. The van der Waals surface area contributed by atoms with Crippen molar-refractivity contribution in [3.63, 3.8) is 0 Å². The largest absolute Gasteiger partial charge is 0.497 e. The van der Waals surface area contributed by atoms with Gasteiger partial charge in [-0.25, -0.2) is 4.79 Å². The van der Waals surface area contributed by atoms with E-state index in [0.29, 0.717) is 17.0 Å². The molecule has 148 valence electrons. The molecule has 0 aliphatic rings. The number of ether oxygens (including phenoxy) is 2. The molecule has 2 rings (SSSR count). The Balaban J connectivity index is 2.04. The summed E-state index contributed by atoms with van der Waals surface area (Å²) in [6.45, 7) is 2.01. The minimum absolute atomic E-state index is 0.0122. The first kappa shape index (κ1) is 21.0. The second kappa shape index (κ2) is 10.1. The van der Waals surface area contributed by atoms with Crippen LogP contribution in [0.25, 0.3) is 0 Å². The average molecular weight is 385 g/mol. The highest BCUT2D eigenvalue weighted by atomic mass is 16.5. The molecular formula is C21H23NO6. The molecule has 2 aromatic carbocycles. The lowest BCUT2D eigenvalue weighted by Crippen LogP contribution is -2.18. The molecule has 28 heavy (non-hydrogen) atoms. The molecule has 0 aliphatic carbocycles. The van der Waals surface area contributed by atoms with E-state index in [1.165, 1.54) is 0 Å². The summed E-state index contributed by atoms with van der Waals surface area (Å²) in [6.07, 6.45) is -0.153. The summed E-state index contributed by atoms with van der Waals surface area (Å²) < 4.78 is 10.0. The van der Waals surface area contributed by atoms with Crippen molar-refractivity contribution in [2.45, 2.75) is 25.7 Å². The van der Waals surface area contributed by atoms with Gasteiger partial charge in [0.15, 0.2) is 0 Å². The lowest BCUT2D eigenvalue weighted by molar-refractivity contribution is -0.137. The van der Waals surface area contributed by atoms with Crippen LogP contribution in [-0.2, 0) is 14.3 Å². The predicted octanol–water partition coefficient (Wildman–Crippen LogP) is 3.46. The highest BCUT2D eigenvalue weighted by Gasteiger charge is 2.20. The van der Waals surface area contributed by atoms with Crippen LogP contribution in [0.3, 0.4) is 0 Å². The van der Waals surface area contributed by atoms with Crippen molar-refractivity contribution in [2.24, 2.45) is 0 Å². The number of rotatable bonds is 9. The van der Waals surface area contributed by atoms with E-state index < -0.39 is 17.9 Å². The summed E-state index contributed by atoms with van der Waals surface area (Å²) in [4.78, 5) is 35.3. The fraction of sp³-hybridized carbons (Fsp3) is 0.286. The van der Waals surface area contributed by atoms with E-state index in [4.69, 9.17) is 9.47 Å². The van der Waals surface area contributed by atoms with Gasteiger partial charge < -0.3 is 19.9 Å². The van der Waals surface area contributed by atoms with Crippen molar-refractivity contribution in [1.82, 2.24) is 0 Å². The molecule has 2 aromatic rings. The zero-order valence-corrected chi connectivity index (χ0v) is 15.8. The van der Waals surface area contributed by atoms with Gasteiger partial charge in [-0.2, -0.15) is 0 Å². The molecule has 0 radical (unpaired) electrons. The first-order valence-corrected chi connectivity index (χ1v) is 8.85. The molecule has 0 heterocycles. The number of hydrogen-bond donors (Lipinski definition) is 2. The second-order valence-corrected chi connectivity index (χ2v) is 6.12. The monoisotopic (exact) mass is 385 g/mol. The molecule has 0 bridgehead atoms. The number of esters is 1. The van der Waals surface area contributed by atoms with Crippen molar-refractivity contribution in [3.05, 3.63) is 59.7 Å². The minimum atomic E-state index is -0.979. The predicted molar refractivity (Wildman–Crippen MR) is 104 cm³/mol. The quantitative estimate of drug-likeness (QED) is 0.641. The minimum Gasteiger partial charge on any atom is -0.497 e. The number of carbonyl (C=O) groups excluding carboxylic acids is 2. The van der Waals surface area contributed by atoms with Crippen LogP contribution in [0.2, 0.25) is 0 Å². The SMILES string of the molecule is CCOC(=O)c1ccc(NC(=O)C[C@@H](CC(=O)O)c2ccc(OC)cc2)cc1.